The van der Waals surface area contributed by atoms with Gasteiger partial charge < -0.3 is 25.2 Å². The van der Waals surface area contributed by atoms with E-state index in [0.29, 0.717) is 23.0 Å². The van der Waals surface area contributed by atoms with E-state index in [0.717, 1.165) is 26.8 Å². The van der Waals surface area contributed by atoms with Gasteiger partial charge >= 0.3 is 5.97 Å². The molecule has 3 aromatic carbocycles. The molecule has 7 nitrogen and oxygen atoms in total. The van der Waals surface area contributed by atoms with Crippen LogP contribution in [0.2, 0.25) is 0 Å². The van der Waals surface area contributed by atoms with Gasteiger partial charge in [0, 0.05) is 5.69 Å². The molecule has 37 heavy (non-hydrogen) atoms. The van der Waals surface area contributed by atoms with E-state index < -0.39 is 5.97 Å². The molecule has 3 aromatic rings. The van der Waals surface area contributed by atoms with Crippen molar-refractivity contribution in [3.05, 3.63) is 91.4 Å². The van der Waals surface area contributed by atoms with Crippen LogP contribution in [0.5, 0.6) is 11.5 Å². The van der Waals surface area contributed by atoms with Gasteiger partial charge in [0.25, 0.3) is 5.91 Å². The fourth-order valence-electron chi connectivity index (χ4n) is 3.68. The average Bonchev–Trinajstić information content (AvgIpc) is 3.22. The van der Waals surface area contributed by atoms with Crippen LogP contribution in [-0.2, 0) is 17.8 Å². The molecule has 1 amide bonds. The van der Waals surface area contributed by atoms with Crippen LogP contribution in [-0.4, -0.2) is 29.1 Å². The van der Waals surface area contributed by atoms with E-state index >= 15 is 0 Å². The first-order valence-electron chi connectivity index (χ1n) is 11.8. The molecule has 1 atom stereocenters. The molecule has 9 heteroatoms. The number of aryl methyl sites for hydroxylation is 1. The third-order valence-corrected chi connectivity index (χ3v) is 7.43. The van der Waals surface area contributed by atoms with E-state index in [1.807, 2.05) is 37.3 Å². The second-order valence-corrected chi connectivity index (χ2v) is 10.5. The molecular weight excluding hydrogens is 603 g/mol. The summed E-state index contributed by atoms with van der Waals surface area (Å²) >= 11 is 3.62. The Hall–Kier alpha value is -3.18. The number of carboxylic acids is 1. The van der Waals surface area contributed by atoms with Crippen molar-refractivity contribution >= 4 is 58.0 Å². The summed E-state index contributed by atoms with van der Waals surface area (Å²) in [6.45, 7) is 4.74. The Morgan fingerprint density at radius 2 is 1.78 bits per heavy atom. The Balaban J connectivity index is 1.47. The minimum atomic E-state index is -0.966. The third-order valence-electron chi connectivity index (χ3n) is 5.60. The Bertz CT molecular complexity index is 1310. The molecule has 0 aromatic heterocycles. The third kappa shape index (κ3) is 6.98. The standard InChI is InChI=1S/C28H27IN2O5S/c1-3-17-7-11-21(12-8-17)30-28-31-26(32)24(37-28)15-19-13-22(29)25(23(14-19)35-4-2)36-16-18-5-9-20(10-6-18)27(33)34/h5-15,28,30H,3-4,16H2,1-2H3,(H,31,32)(H,33,34)/b24-15-/t28-/m0/s1. The SMILES string of the molecule is CCOc1cc(/C=C2\S[C@@H](Nc3ccc(CC)cc3)NC2=O)cc(I)c1OCc1ccc(C(=O)O)cc1. The second-order valence-electron chi connectivity index (χ2n) is 8.23. The lowest BCUT2D eigenvalue weighted by Gasteiger charge is -2.15. The number of anilines is 1. The van der Waals surface area contributed by atoms with Gasteiger partial charge in [-0.25, -0.2) is 4.79 Å². The molecule has 0 unspecified atom stereocenters. The molecule has 1 aliphatic rings. The summed E-state index contributed by atoms with van der Waals surface area (Å²) in [6.07, 6.45) is 2.83. The van der Waals surface area contributed by atoms with Gasteiger partial charge in [0.1, 0.15) is 6.61 Å². The molecule has 0 bridgehead atoms. The molecule has 0 saturated carbocycles. The van der Waals surface area contributed by atoms with E-state index in [2.05, 4.69) is 52.3 Å². The predicted molar refractivity (Wildman–Crippen MR) is 155 cm³/mol. The minimum absolute atomic E-state index is 0.134. The van der Waals surface area contributed by atoms with Crippen LogP contribution in [0.3, 0.4) is 0 Å². The monoisotopic (exact) mass is 630 g/mol. The van der Waals surface area contributed by atoms with Gasteiger partial charge in [0.05, 0.1) is 20.6 Å². The smallest absolute Gasteiger partial charge is 0.335 e. The highest BCUT2D eigenvalue weighted by atomic mass is 127. The van der Waals surface area contributed by atoms with E-state index in [9.17, 15) is 9.59 Å². The van der Waals surface area contributed by atoms with Crippen molar-refractivity contribution < 1.29 is 24.2 Å². The molecule has 1 heterocycles. The van der Waals surface area contributed by atoms with E-state index in [-0.39, 0.29) is 23.6 Å². The first kappa shape index (κ1) is 26.9. The van der Waals surface area contributed by atoms with Crippen molar-refractivity contribution in [3.63, 3.8) is 0 Å². The number of benzene rings is 3. The Labute approximate surface area is 233 Å². The zero-order valence-corrected chi connectivity index (χ0v) is 23.4. The largest absolute Gasteiger partial charge is 0.490 e. The van der Waals surface area contributed by atoms with Gasteiger partial charge in [-0.05, 0) is 95.1 Å². The number of rotatable bonds is 10. The Kier molecular flexibility index (Phi) is 8.99. The van der Waals surface area contributed by atoms with E-state index in [1.165, 1.54) is 17.3 Å². The van der Waals surface area contributed by atoms with E-state index in [1.54, 1.807) is 24.3 Å². The van der Waals surface area contributed by atoms with Crippen LogP contribution in [0.25, 0.3) is 6.08 Å². The van der Waals surface area contributed by atoms with Crippen LogP contribution in [0, 0.1) is 3.57 Å². The number of ether oxygens (including phenoxy) is 2. The topological polar surface area (TPSA) is 96.9 Å². The zero-order chi connectivity index (χ0) is 26.4. The molecule has 0 radical (unpaired) electrons. The van der Waals surface area contributed by atoms with Gasteiger partial charge in [0.2, 0.25) is 0 Å². The van der Waals surface area contributed by atoms with Gasteiger partial charge in [-0.1, -0.05) is 43.0 Å². The molecule has 1 aliphatic heterocycles. The number of amides is 1. The maximum absolute atomic E-state index is 12.6. The lowest BCUT2D eigenvalue weighted by atomic mass is 10.1. The number of carbonyl (C=O) groups excluding carboxylic acids is 1. The number of aromatic carboxylic acids is 1. The van der Waals surface area contributed by atoms with Gasteiger partial charge in [-0.2, -0.15) is 0 Å². The van der Waals surface area contributed by atoms with Crippen molar-refractivity contribution in [1.29, 1.82) is 0 Å². The maximum atomic E-state index is 12.6. The molecule has 0 spiro atoms. The van der Waals surface area contributed by atoms with Crippen molar-refractivity contribution in [1.82, 2.24) is 5.32 Å². The molecular formula is C28H27IN2O5S. The van der Waals surface area contributed by atoms with E-state index in [4.69, 9.17) is 14.6 Å². The number of nitrogens with one attached hydrogen (secondary N) is 2. The quantitative estimate of drug-likeness (QED) is 0.183. The summed E-state index contributed by atoms with van der Waals surface area (Å²) in [4.78, 5) is 24.3. The summed E-state index contributed by atoms with van der Waals surface area (Å²) < 4.78 is 12.7. The summed E-state index contributed by atoms with van der Waals surface area (Å²) in [5.41, 5.74) is 3.85. The van der Waals surface area contributed by atoms with Gasteiger partial charge in [-0.15, -0.1) is 0 Å². The predicted octanol–water partition coefficient (Wildman–Crippen LogP) is 6.13. The Morgan fingerprint density at radius 3 is 2.43 bits per heavy atom. The van der Waals surface area contributed by atoms with Crippen LogP contribution < -0.4 is 20.1 Å². The first-order valence-corrected chi connectivity index (χ1v) is 13.8. The molecule has 192 valence electrons. The van der Waals surface area contributed by atoms with Crippen LogP contribution >= 0.6 is 34.4 Å². The zero-order valence-electron chi connectivity index (χ0n) is 20.4. The number of hydrogen-bond acceptors (Lipinski definition) is 6. The highest BCUT2D eigenvalue weighted by Crippen LogP contribution is 2.37. The number of thioether (sulfide) groups is 1. The summed E-state index contributed by atoms with van der Waals surface area (Å²) in [6, 6.07) is 18.6. The lowest BCUT2D eigenvalue weighted by Crippen LogP contribution is -2.30. The number of hydrogen-bond donors (Lipinski definition) is 3. The average molecular weight is 631 g/mol. The number of halogens is 1. The Morgan fingerprint density at radius 1 is 1.08 bits per heavy atom. The normalized spacial score (nSPS) is 15.9. The lowest BCUT2D eigenvalue weighted by molar-refractivity contribution is -0.116. The van der Waals surface area contributed by atoms with Crippen molar-refractivity contribution in [2.45, 2.75) is 32.4 Å². The molecule has 1 saturated heterocycles. The molecule has 1 fully saturated rings. The fraction of sp³-hybridized carbons (Fsp3) is 0.214. The highest BCUT2D eigenvalue weighted by Gasteiger charge is 2.27. The number of carbonyl (C=O) groups is 2. The fourth-order valence-corrected chi connectivity index (χ4v) is 5.44. The van der Waals surface area contributed by atoms with Crippen LogP contribution in [0.4, 0.5) is 5.69 Å². The molecule has 4 rings (SSSR count). The van der Waals surface area contributed by atoms with Crippen LogP contribution in [0.15, 0.2) is 65.6 Å². The van der Waals surface area contributed by atoms with Gasteiger partial charge in [0.15, 0.2) is 17.0 Å². The first-order chi connectivity index (χ1) is 17.9. The maximum Gasteiger partial charge on any atom is 0.335 e. The van der Waals surface area contributed by atoms with Gasteiger partial charge in [-0.3, -0.25) is 4.79 Å². The summed E-state index contributed by atoms with van der Waals surface area (Å²) in [7, 11) is 0. The van der Waals surface area contributed by atoms with Crippen molar-refractivity contribution in [2.24, 2.45) is 0 Å². The van der Waals surface area contributed by atoms with Crippen LogP contribution in [0.1, 0.15) is 40.9 Å². The molecule has 3 N–H and O–H groups in total. The summed E-state index contributed by atoms with van der Waals surface area (Å²) in [5, 5.41) is 15.4. The minimum Gasteiger partial charge on any atom is -0.490 e. The van der Waals surface area contributed by atoms with Crippen molar-refractivity contribution in [2.75, 3.05) is 11.9 Å². The number of carboxylic acid groups (broad SMARTS) is 1. The van der Waals surface area contributed by atoms with Crippen molar-refractivity contribution in [3.8, 4) is 11.5 Å². The summed E-state index contributed by atoms with van der Waals surface area (Å²) in [5.74, 6) is 0.0842. The second kappa shape index (κ2) is 12.4. The molecule has 0 aliphatic carbocycles. The highest BCUT2D eigenvalue weighted by molar-refractivity contribution is 14.1.